The summed E-state index contributed by atoms with van der Waals surface area (Å²) in [6.07, 6.45) is 0. The van der Waals surface area contributed by atoms with Gasteiger partial charge in [-0.15, -0.1) is 0 Å². The fourth-order valence-electron chi connectivity index (χ4n) is 8.41. The minimum absolute atomic E-state index is 0.0621. The summed E-state index contributed by atoms with van der Waals surface area (Å²) in [4.78, 5) is 7.34. The second-order valence-electron chi connectivity index (χ2n) is 14.5. The van der Waals surface area contributed by atoms with Crippen molar-refractivity contribution in [3.63, 3.8) is 0 Å². The van der Waals surface area contributed by atoms with E-state index in [1.165, 1.54) is 66.6 Å². The van der Waals surface area contributed by atoms with Gasteiger partial charge in [-0.25, -0.2) is 0 Å². The van der Waals surface area contributed by atoms with Gasteiger partial charge in [0, 0.05) is 51.2 Å². The molecule has 10 rings (SSSR count). The molecule has 53 heavy (non-hydrogen) atoms. The van der Waals surface area contributed by atoms with Crippen LogP contribution in [0.1, 0.15) is 16.7 Å². The molecule has 2 aliphatic rings. The molecule has 0 atom stereocenters. The molecular weight excluding hydrogens is 641 g/mol. The molecule has 3 nitrogen and oxygen atoms in total. The smallest absolute Gasteiger partial charge is 0.252 e. The Balaban J connectivity index is 1.22. The Morgan fingerprint density at radius 3 is 1.57 bits per heavy atom. The van der Waals surface area contributed by atoms with Crippen molar-refractivity contribution in [1.82, 2.24) is 0 Å². The highest BCUT2D eigenvalue weighted by atomic mass is 15.2. The number of rotatable bonds is 5. The molecule has 0 saturated carbocycles. The Morgan fingerprint density at radius 2 is 0.887 bits per heavy atom. The van der Waals surface area contributed by atoms with E-state index < -0.39 is 0 Å². The van der Waals surface area contributed by atoms with Gasteiger partial charge in [-0.05, 0) is 127 Å². The summed E-state index contributed by atoms with van der Waals surface area (Å²) < 4.78 is 0. The van der Waals surface area contributed by atoms with Crippen molar-refractivity contribution in [2.45, 2.75) is 20.8 Å². The lowest BCUT2D eigenvalue weighted by molar-refractivity contribution is 1.23. The van der Waals surface area contributed by atoms with E-state index in [4.69, 9.17) is 0 Å². The molecule has 0 spiro atoms. The zero-order valence-electron chi connectivity index (χ0n) is 30.2. The molecule has 252 valence electrons. The minimum Gasteiger partial charge on any atom is -0.311 e. The fourth-order valence-corrected chi connectivity index (χ4v) is 8.41. The van der Waals surface area contributed by atoms with E-state index in [9.17, 15) is 0 Å². The highest BCUT2D eigenvalue weighted by Gasteiger charge is 2.43. The quantitative estimate of drug-likeness (QED) is 0.168. The van der Waals surface area contributed by atoms with E-state index >= 15 is 0 Å². The summed E-state index contributed by atoms with van der Waals surface area (Å²) in [7, 11) is 0. The second-order valence-corrected chi connectivity index (χ2v) is 14.5. The Morgan fingerprint density at radius 1 is 0.377 bits per heavy atom. The molecule has 0 fully saturated rings. The van der Waals surface area contributed by atoms with Crippen LogP contribution in [0, 0.1) is 20.8 Å². The van der Waals surface area contributed by atoms with Gasteiger partial charge < -0.3 is 14.7 Å². The summed E-state index contributed by atoms with van der Waals surface area (Å²) in [5.41, 5.74) is 18.2. The van der Waals surface area contributed by atoms with Crippen LogP contribution in [-0.2, 0) is 0 Å². The molecule has 8 aromatic carbocycles. The lowest BCUT2D eigenvalue weighted by Gasteiger charge is -2.44. The van der Waals surface area contributed by atoms with Gasteiger partial charge in [0.1, 0.15) is 0 Å². The Labute approximate surface area is 312 Å². The van der Waals surface area contributed by atoms with Crippen LogP contribution in [0.2, 0.25) is 0 Å². The molecule has 0 unspecified atom stereocenters. The van der Waals surface area contributed by atoms with E-state index in [1.54, 1.807) is 0 Å². The van der Waals surface area contributed by atoms with Crippen molar-refractivity contribution in [3.8, 4) is 0 Å². The van der Waals surface area contributed by atoms with Crippen molar-refractivity contribution in [3.05, 3.63) is 193 Å². The van der Waals surface area contributed by atoms with Gasteiger partial charge >= 0.3 is 0 Å². The molecule has 8 aromatic rings. The first-order chi connectivity index (χ1) is 26.0. The monoisotopic (exact) mass is 679 g/mol. The van der Waals surface area contributed by atoms with Crippen molar-refractivity contribution in [2.75, 3.05) is 14.7 Å². The molecule has 0 amide bonds. The summed E-state index contributed by atoms with van der Waals surface area (Å²) in [5.74, 6) is 0. The average Bonchev–Trinajstić information content (AvgIpc) is 3.19. The maximum Gasteiger partial charge on any atom is 0.252 e. The van der Waals surface area contributed by atoms with E-state index in [0.717, 1.165) is 28.4 Å². The van der Waals surface area contributed by atoms with Gasteiger partial charge in [-0.2, -0.15) is 0 Å². The number of hydrogen-bond donors (Lipinski definition) is 0. The summed E-state index contributed by atoms with van der Waals surface area (Å²) in [5, 5.41) is 2.48. The molecule has 0 saturated heterocycles. The SMILES string of the molecule is Cc1ccc(N(c2ccc(C)cc2)c2ccc3c(c2)N(c2ccc(C)cc2)c2cccc4c2B3c2ccccc2N4c2ccc3ccccc3c2)cc1. The normalized spacial score (nSPS) is 12.7. The lowest BCUT2D eigenvalue weighted by Crippen LogP contribution is -2.61. The number of nitrogens with zero attached hydrogens (tertiary/aromatic N) is 3. The highest BCUT2D eigenvalue weighted by Crippen LogP contribution is 2.46. The molecular formula is C49H38BN3. The first-order valence-electron chi connectivity index (χ1n) is 18.5. The zero-order valence-corrected chi connectivity index (χ0v) is 30.2. The van der Waals surface area contributed by atoms with Crippen LogP contribution in [0.25, 0.3) is 10.8 Å². The van der Waals surface area contributed by atoms with Crippen LogP contribution in [-0.4, -0.2) is 6.71 Å². The number of para-hydroxylation sites is 1. The van der Waals surface area contributed by atoms with Crippen molar-refractivity contribution in [2.24, 2.45) is 0 Å². The summed E-state index contributed by atoms with van der Waals surface area (Å²) >= 11 is 0. The summed E-state index contributed by atoms with van der Waals surface area (Å²) in [6, 6.07) is 65.1. The molecule has 4 heteroatoms. The van der Waals surface area contributed by atoms with Crippen LogP contribution in [0.15, 0.2) is 176 Å². The first-order valence-corrected chi connectivity index (χ1v) is 18.5. The highest BCUT2D eigenvalue weighted by molar-refractivity contribution is 7.00. The minimum atomic E-state index is 0.0621. The molecule has 0 aliphatic carbocycles. The van der Waals surface area contributed by atoms with Crippen molar-refractivity contribution in [1.29, 1.82) is 0 Å². The number of fused-ring (bicyclic) bond motifs is 5. The van der Waals surface area contributed by atoms with E-state index in [-0.39, 0.29) is 6.71 Å². The van der Waals surface area contributed by atoms with Crippen molar-refractivity contribution >= 4 is 85.1 Å². The molecule has 2 heterocycles. The number of aryl methyl sites for hydroxylation is 3. The van der Waals surface area contributed by atoms with E-state index in [1.807, 2.05) is 0 Å². The number of benzene rings is 8. The van der Waals surface area contributed by atoms with Crippen LogP contribution < -0.4 is 31.1 Å². The lowest BCUT2D eigenvalue weighted by atomic mass is 9.33. The molecule has 0 N–H and O–H groups in total. The van der Waals surface area contributed by atoms with Gasteiger partial charge in [0.15, 0.2) is 0 Å². The largest absolute Gasteiger partial charge is 0.311 e. The third-order valence-electron chi connectivity index (χ3n) is 11.0. The fraction of sp³-hybridized carbons (Fsp3) is 0.0612. The maximum atomic E-state index is 2.49. The predicted molar refractivity (Wildman–Crippen MR) is 227 cm³/mol. The van der Waals surface area contributed by atoms with Crippen molar-refractivity contribution < 1.29 is 0 Å². The van der Waals surface area contributed by atoms with Crippen LogP contribution in [0.4, 0.5) is 51.2 Å². The third-order valence-corrected chi connectivity index (χ3v) is 11.0. The van der Waals surface area contributed by atoms with Gasteiger partial charge in [-0.1, -0.05) is 114 Å². The summed E-state index contributed by atoms with van der Waals surface area (Å²) in [6.45, 7) is 6.51. The average molecular weight is 680 g/mol. The molecule has 0 radical (unpaired) electrons. The Kier molecular flexibility index (Phi) is 7.26. The zero-order chi connectivity index (χ0) is 35.6. The van der Waals surface area contributed by atoms with E-state index in [0.29, 0.717) is 0 Å². The Hall–Kier alpha value is -6.52. The van der Waals surface area contributed by atoms with E-state index in [2.05, 4.69) is 211 Å². The molecule has 0 aromatic heterocycles. The third kappa shape index (κ3) is 5.13. The second kappa shape index (κ2) is 12.3. The van der Waals surface area contributed by atoms with Gasteiger partial charge in [0.05, 0.1) is 0 Å². The first kappa shape index (κ1) is 31.2. The predicted octanol–water partition coefficient (Wildman–Crippen LogP) is 11.3. The van der Waals surface area contributed by atoms with Gasteiger partial charge in [0.2, 0.25) is 0 Å². The number of anilines is 9. The maximum absolute atomic E-state index is 2.49. The standard InChI is InChI=1S/C49H38BN3/c1-33-15-22-38(23-16-33)51(39-24-17-34(2)18-25-39)42-29-30-44-48(32-42)52(40-26-19-35(3)20-27-40)46-13-8-14-47-49(46)50(44)43-11-6-7-12-45(43)53(47)41-28-21-36-9-4-5-10-37(36)31-41/h4-32H,1-3H3. The molecule has 2 aliphatic heterocycles. The number of hydrogen-bond acceptors (Lipinski definition) is 3. The Bertz CT molecular complexity index is 2620. The van der Waals surface area contributed by atoms with Crippen LogP contribution in [0.3, 0.4) is 0 Å². The van der Waals surface area contributed by atoms with Gasteiger partial charge in [-0.3, -0.25) is 0 Å². The van der Waals surface area contributed by atoms with Gasteiger partial charge in [0.25, 0.3) is 6.71 Å². The van der Waals surface area contributed by atoms with Crippen LogP contribution in [0.5, 0.6) is 0 Å². The molecule has 0 bridgehead atoms. The topological polar surface area (TPSA) is 9.72 Å². The van der Waals surface area contributed by atoms with Crippen LogP contribution >= 0.6 is 0 Å².